The van der Waals surface area contributed by atoms with Crippen LogP contribution in [0.15, 0.2) is 67.0 Å². The van der Waals surface area contributed by atoms with Gasteiger partial charge >= 0.3 is 0 Å². The monoisotopic (exact) mass is 402 g/mol. The van der Waals surface area contributed by atoms with E-state index < -0.39 is 0 Å². The van der Waals surface area contributed by atoms with Crippen molar-refractivity contribution < 1.29 is 9.59 Å². The molecule has 6 nitrogen and oxygen atoms in total. The minimum absolute atomic E-state index is 0.117. The van der Waals surface area contributed by atoms with Gasteiger partial charge in [0, 0.05) is 49.2 Å². The third kappa shape index (κ3) is 5.91. The number of hydrogen-bond donors (Lipinski definition) is 2. The van der Waals surface area contributed by atoms with Crippen LogP contribution < -0.4 is 10.6 Å². The molecule has 2 amide bonds. The van der Waals surface area contributed by atoms with Crippen LogP contribution in [0.2, 0.25) is 0 Å². The molecule has 0 saturated heterocycles. The summed E-state index contributed by atoms with van der Waals surface area (Å²) in [5.41, 5.74) is 3.42. The van der Waals surface area contributed by atoms with Crippen LogP contribution in [0.4, 0.5) is 11.4 Å². The minimum atomic E-state index is -0.205. The summed E-state index contributed by atoms with van der Waals surface area (Å²) in [4.78, 5) is 27.8. The molecule has 6 heteroatoms. The zero-order chi connectivity index (χ0) is 21.5. The Morgan fingerprint density at radius 3 is 2.53 bits per heavy atom. The van der Waals surface area contributed by atoms with Crippen LogP contribution in [0.25, 0.3) is 6.08 Å². The Kier molecular flexibility index (Phi) is 6.80. The van der Waals surface area contributed by atoms with E-state index in [1.54, 1.807) is 18.2 Å². The molecule has 0 radical (unpaired) electrons. The standard InChI is InChI=1S/C24H26N4O2/c1-17(2)24-25-13-14-28(24)16-20-5-4-6-22(15-20)27-23(30)12-9-19-7-10-21(11-8-19)26-18(3)29/h4-15,17H,16H2,1-3H3,(H,26,29)(H,27,30)/b12-9+. The molecule has 0 bridgehead atoms. The molecule has 3 rings (SSSR count). The molecule has 0 aliphatic rings. The molecule has 2 aromatic carbocycles. The normalized spacial score (nSPS) is 11.1. The van der Waals surface area contributed by atoms with Crippen LogP contribution in [-0.2, 0) is 16.1 Å². The van der Waals surface area contributed by atoms with Crippen LogP contribution in [0.3, 0.4) is 0 Å². The first-order chi connectivity index (χ1) is 14.4. The molecule has 0 unspecified atom stereocenters. The predicted molar refractivity (Wildman–Crippen MR) is 120 cm³/mol. The second-order valence-electron chi connectivity index (χ2n) is 7.39. The Hall–Kier alpha value is -3.67. The van der Waals surface area contributed by atoms with Crippen molar-refractivity contribution in [2.45, 2.75) is 33.2 Å². The van der Waals surface area contributed by atoms with E-state index in [9.17, 15) is 9.59 Å². The maximum absolute atomic E-state index is 12.3. The Balaban J connectivity index is 1.61. The number of hydrogen-bond acceptors (Lipinski definition) is 3. The molecule has 0 atom stereocenters. The summed E-state index contributed by atoms with van der Waals surface area (Å²) < 4.78 is 2.12. The lowest BCUT2D eigenvalue weighted by molar-refractivity contribution is -0.114. The highest BCUT2D eigenvalue weighted by molar-refractivity contribution is 6.02. The Morgan fingerprint density at radius 2 is 1.83 bits per heavy atom. The molecular weight excluding hydrogens is 376 g/mol. The van der Waals surface area contributed by atoms with Gasteiger partial charge < -0.3 is 15.2 Å². The van der Waals surface area contributed by atoms with Gasteiger partial charge in [0.15, 0.2) is 0 Å². The van der Waals surface area contributed by atoms with Crippen molar-refractivity contribution in [1.82, 2.24) is 9.55 Å². The van der Waals surface area contributed by atoms with Crippen LogP contribution in [0.5, 0.6) is 0 Å². The lowest BCUT2D eigenvalue weighted by Gasteiger charge is -2.11. The number of anilines is 2. The highest BCUT2D eigenvalue weighted by atomic mass is 16.2. The maximum atomic E-state index is 12.3. The Bertz CT molecular complexity index is 1050. The van der Waals surface area contributed by atoms with Gasteiger partial charge in [-0.05, 0) is 41.5 Å². The topological polar surface area (TPSA) is 76.0 Å². The second kappa shape index (κ2) is 9.69. The smallest absolute Gasteiger partial charge is 0.248 e. The average Bonchev–Trinajstić information content (AvgIpc) is 3.16. The van der Waals surface area contributed by atoms with Crippen molar-refractivity contribution in [3.05, 3.63) is 84.0 Å². The van der Waals surface area contributed by atoms with E-state index in [4.69, 9.17) is 0 Å². The SMILES string of the molecule is CC(=O)Nc1ccc(/C=C/C(=O)Nc2cccc(Cn3ccnc3C(C)C)c2)cc1. The van der Waals surface area contributed by atoms with Crippen molar-refractivity contribution in [3.63, 3.8) is 0 Å². The fourth-order valence-electron chi connectivity index (χ4n) is 3.14. The van der Waals surface area contributed by atoms with Crippen molar-refractivity contribution in [2.75, 3.05) is 10.6 Å². The minimum Gasteiger partial charge on any atom is -0.330 e. The molecular formula is C24H26N4O2. The summed E-state index contributed by atoms with van der Waals surface area (Å²) in [5, 5.41) is 5.61. The van der Waals surface area contributed by atoms with E-state index in [-0.39, 0.29) is 11.8 Å². The van der Waals surface area contributed by atoms with Crippen LogP contribution in [-0.4, -0.2) is 21.4 Å². The molecule has 30 heavy (non-hydrogen) atoms. The van der Waals surface area contributed by atoms with Crippen molar-refractivity contribution >= 4 is 29.3 Å². The van der Waals surface area contributed by atoms with Crippen molar-refractivity contribution in [2.24, 2.45) is 0 Å². The highest BCUT2D eigenvalue weighted by Crippen LogP contribution is 2.17. The van der Waals surface area contributed by atoms with E-state index >= 15 is 0 Å². The number of aromatic nitrogens is 2. The largest absolute Gasteiger partial charge is 0.330 e. The molecule has 2 N–H and O–H groups in total. The highest BCUT2D eigenvalue weighted by Gasteiger charge is 2.08. The van der Waals surface area contributed by atoms with Crippen LogP contribution >= 0.6 is 0 Å². The number of nitrogens with one attached hydrogen (secondary N) is 2. The fraction of sp³-hybridized carbons (Fsp3) is 0.208. The number of imidazole rings is 1. The number of nitrogens with zero attached hydrogens (tertiary/aromatic N) is 2. The number of amides is 2. The lowest BCUT2D eigenvalue weighted by atomic mass is 10.1. The van der Waals surface area contributed by atoms with Crippen molar-refractivity contribution in [1.29, 1.82) is 0 Å². The third-order valence-electron chi connectivity index (χ3n) is 4.47. The summed E-state index contributed by atoms with van der Waals surface area (Å²) in [7, 11) is 0. The van der Waals surface area contributed by atoms with Gasteiger partial charge in [0.1, 0.15) is 5.82 Å². The van der Waals surface area contributed by atoms with E-state index in [2.05, 4.69) is 34.0 Å². The zero-order valence-corrected chi connectivity index (χ0v) is 17.4. The summed E-state index contributed by atoms with van der Waals surface area (Å²) >= 11 is 0. The number of benzene rings is 2. The first-order valence-electron chi connectivity index (χ1n) is 9.87. The predicted octanol–water partition coefficient (Wildman–Crippen LogP) is 4.67. The van der Waals surface area contributed by atoms with Gasteiger partial charge in [-0.2, -0.15) is 0 Å². The first-order valence-corrected chi connectivity index (χ1v) is 9.87. The quantitative estimate of drug-likeness (QED) is 0.564. The van der Waals surface area contributed by atoms with Crippen molar-refractivity contribution in [3.8, 4) is 0 Å². The maximum Gasteiger partial charge on any atom is 0.248 e. The number of rotatable bonds is 7. The average molecular weight is 402 g/mol. The third-order valence-corrected chi connectivity index (χ3v) is 4.47. The van der Waals surface area contributed by atoms with E-state index in [0.717, 1.165) is 28.3 Å². The van der Waals surface area contributed by atoms with E-state index in [1.807, 2.05) is 48.8 Å². The molecule has 154 valence electrons. The van der Waals surface area contributed by atoms with Gasteiger partial charge in [-0.3, -0.25) is 9.59 Å². The van der Waals surface area contributed by atoms with Gasteiger partial charge in [0.05, 0.1) is 0 Å². The molecule has 0 aliphatic heterocycles. The first kappa shape index (κ1) is 21.0. The second-order valence-corrected chi connectivity index (χ2v) is 7.39. The molecule has 3 aromatic rings. The van der Waals surface area contributed by atoms with Gasteiger partial charge in [-0.1, -0.05) is 38.1 Å². The lowest BCUT2D eigenvalue weighted by Crippen LogP contribution is -2.09. The fourth-order valence-corrected chi connectivity index (χ4v) is 3.14. The van der Waals surface area contributed by atoms with Gasteiger partial charge in [-0.15, -0.1) is 0 Å². The summed E-state index contributed by atoms with van der Waals surface area (Å²) in [6.07, 6.45) is 7.01. The van der Waals surface area contributed by atoms with E-state index in [0.29, 0.717) is 12.5 Å². The summed E-state index contributed by atoms with van der Waals surface area (Å²) in [6.45, 7) is 6.41. The molecule has 1 aromatic heterocycles. The Morgan fingerprint density at radius 1 is 1.07 bits per heavy atom. The molecule has 0 saturated carbocycles. The number of carbonyl (C=O) groups excluding carboxylic acids is 2. The molecule has 0 spiro atoms. The van der Waals surface area contributed by atoms with Gasteiger partial charge in [-0.25, -0.2) is 4.98 Å². The molecule has 0 aliphatic carbocycles. The van der Waals surface area contributed by atoms with Gasteiger partial charge in [0.25, 0.3) is 0 Å². The Labute approximate surface area is 176 Å². The van der Waals surface area contributed by atoms with Crippen LogP contribution in [0, 0.1) is 0 Å². The molecule has 0 fully saturated rings. The van der Waals surface area contributed by atoms with Crippen LogP contribution in [0.1, 0.15) is 43.6 Å². The molecule has 1 heterocycles. The van der Waals surface area contributed by atoms with E-state index in [1.165, 1.54) is 13.0 Å². The number of carbonyl (C=O) groups is 2. The summed E-state index contributed by atoms with van der Waals surface area (Å²) in [5.74, 6) is 1.06. The summed E-state index contributed by atoms with van der Waals surface area (Å²) in [6, 6.07) is 15.1. The van der Waals surface area contributed by atoms with Gasteiger partial charge in [0.2, 0.25) is 11.8 Å². The zero-order valence-electron chi connectivity index (χ0n) is 17.4.